The zero-order chi connectivity index (χ0) is 13.1. The number of methoxy groups -OCH3 is 1. The van der Waals surface area contributed by atoms with Gasteiger partial charge in [0.1, 0.15) is 5.75 Å². The van der Waals surface area contributed by atoms with Crippen molar-refractivity contribution in [3.63, 3.8) is 0 Å². The van der Waals surface area contributed by atoms with Gasteiger partial charge in [0.25, 0.3) is 0 Å². The lowest BCUT2D eigenvalue weighted by molar-refractivity contribution is 0.171. The van der Waals surface area contributed by atoms with Crippen LogP contribution >= 0.6 is 0 Å². The first-order chi connectivity index (χ1) is 8.71. The molecule has 3 nitrogen and oxygen atoms in total. The first kappa shape index (κ1) is 13.4. The summed E-state index contributed by atoms with van der Waals surface area (Å²) in [6.07, 6.45) is 2.24. The lowest BCUT2D eigenvalue weighted by Crippen LogP contribution is -2.45. The fraction of sp³-hybridized carbons (Fsp3) is 0.600. The fourth-order valence-corrected chi connectivity index (χ4v) is 3.04. The van der Waals surface area contributed by atoms with Gasteiger partial charge in [-0.3, -0.25) is 4.90 Å². The minimum atomic E-state index is 0.125. The van der Waals surface area contributed by atoms with Crippen LogP contribution in [0.25, 0.3) is 0 Å². The summed E-state index contributed by atoms with van der Waals surface area (Å²) in [5.41, 5.74) is 9.09. The minimum Gasteiger partial charge on any atom is -0.497 e. The molecule has 2 unspecified atom stereocenters. The van der Waals surface area contributed by atoms with Crippen molar-refractivity contribution < 1.29 is 4.74 Å². The quantitative estimate of drug-likeness (QED) is 0.889. The molecule has 2 N–H and O–H groups in total. The van der Waals surface area contributed by atoms with Crippen molar-refractivity contribution in [3.8, 4) is 5.75 Å². The van der Waals surface area contributed by atoms with Gasteiger partial charge in [0.05, 0.1) is 7.11 Å². The molecule has 1 aliphatic carbocycles. The summed E-state index contributed by atoms with van der Waals surface area (Å²) in [6, 6.07) is 6.88. The van der Waals surface area contributed by atoms with E-state index in [-0.39, 0.29) is 6.04 Å². The van der Waals surface area contributed by atoms with Crippen molar-refractivity contribution in [2.24, 2.45) is 5.73 Å². The smallest absolute Gasteiger partial charge is 0.119 e. The predicted octanol–water partition coefficient (Wildman–Crippen LogP) is 2.35. The van der Waals surface area contributed by atoms with Gasteiger partial charge in [-0.15, -0.1) is 0 Å². The molecule has 18 heavy (non-hydrogen) atoms. The highest BCUT2D eigenvalue weighted by molar-refractivity contribution is 5.40. The molecule has 100 valence electrons. The molecule has 0 aliphatic heterocycles. The Morgan fingerprint density at radius 3 is 2.67 bits per heavy atom. The van der Waals surface area contributed by atoms with E-state index in [4.69, 9.17) is 10.5 Å². The highest BCUT2D eigenvalue weighted by atomic mass is 16.5. The minimum absolute atomic E-state index is 0.125. The lowest BCUT2D eigenvalue weighted by atomic mass is 9.83. The maximum absolute atomic E-state index is 6.45. The number of hydrogen-bond acceptors (Lipinski definition) is 3. The third-order valence-electron chi connectivity index (χ3n) is 4.11. The van der Waals surface area contributed by atoms with Gasteiger partial charge in [0.15, 0.2) is 0 Å². The summed E-state index contributed by atoms with van der Waals surface area (Å²) in [5.74, 6) is 0.933. The van der Waals surface area contributed by atoms with Gasteiger partial charge in [-0.05, 0) is 49.2 Å². The van der Waals surface area contributed by atoms with Crippen LogP contribution in [0.3, 0.4) is 0 Å². The molecule has 0 spiro atoms. The molecule has 0 saturated carbocycles. The van der Waals surface area contributed by atoms with Gasteiger partial charge >= 0.3 is 0 Å². The molecule has 2 atom stereocenters. The fourth-order valence-electron chi connectivity index (χ4n) is 3.04. The number of likely N-dealkylation sites (N-methyl/N-ethyl adjacent to an activating group) is 1. The molecular weight excluding hydrogens is 224 g/mol. The lowest BCUT2D eigenvalue weighted by Gasteiger charge is -2.38. The average molecular weight is 248 g/mol. The summed E-state index contributed by atoms with van der Waals surface area (Å²) in [6.45, 7) is 6.56. The van der Waals surface area contributed by atoms with Crippen molar-refractivity contribution in [2.75, 3.05) is 20.2 Å². The average Bonchev–Trinajstić information content (AvgIpc) is 2.42. The number of benzene rings is 1. The Bertz CT molecular complexity index is 401. The number of nitrogens with zero attached hydrogens (tertiary/aromatic N) is 1. The number of hydrogen-bond donors (Lipinski definition) is 1. The largest absolute Gasteiger partial charge is 0.497 e. The Hall–Kier alpha value is -1.06. The van der Waals surface area contributed by atoms with Gasteiger partial charge in [-0.2, -0.15) is 0 Å². The van der Waals surface area contributed by atoms with E-state index in [0.717, 1.165) is 31.7 Å². The maximum atomic E-state index is 6.45. The van der Waals surface area contributed by atoms with E-state index in [0.29, 0.717) is 6.04 Å². The van der Waals surface area contributed by atoms with Gasteiger partial charge in [-0.1, -0.05) is 19.9 Å². The SMILES string of the molecule is CCN(CC)C1CCc2cc(OC)ccc2C1N. The van der Waals surface area contributed by atoms with Crippen LogP contribution in [0.2, 0.25) is 0 Å². The predicted molar refractivity (Wildman–Crippen MR) is 75.0 cm³/mol. The molecule has 0 saturated heterocycles. The second-order valence-corrected chi connectivity index (χ2v) is 4.92. The van der Waals surface area contributed by atoms with Crippen LogP contribution < -0.4 is 10.5 Å². The summed E-state index contributed by atoms with van der Waals surface area (Å²) in [5, 5.41) is 0. The molecule has 2 rings (SSSR count). The molecule has 0 amide bonds. The highest BCUT2D eigenvalue weighted by Crippen LogP contribution is 2.33. The van der Waals surface area contributed by atoms with Crippen LogP contribution in [0, 0.1) is 0 Å². The van der Waals surface area contributed by atoms with Crippen molar-refractivity contribution in [1.82, 2.24) is 4.90 Å². The molecule has 0 heterocycles. The topological polar surface area (TPSA) is 38.5 Å². The molecule has 0 fully saturated rings. The molecule has 3 heteroatoms. The van der Waals surface area contributed by atoms with Crippen LogP contribution in [-0.2, 0) is 6.42 Å². The second kappa shape index (κ2) is 5.72. The number of fused-ring (bicyclic) bond motifs is 1. The first-order valence-electron chi connectivity index (χ1n) is 6.87. The number of ether oxygens (including phenoxy) is 1. The van der Waals surface area contributed by atoms with Crippen LogP contribution in [0.15, 0.2) is 18.2 Å². The van der Waals surface area contributed by atoms with E-state index in [1.165, 1.54) is 11.1 Å². The highest BCUT2D eigenvalue weighted by Gasteiger charge is 2.29. The van der Waals surface area contributed by atoms with Crippen LogP contribution in [0.5, 0.6) is 5.75 Å². The molecule has 0 bridgehead atoms. The van der Waals surface area contributed by atoms with Gasteiger partial charge in [-0.25, -0.2) is 0 Å². The number of aryl methyl sites for hydroxylation is 1. The summed E-state index contributed by atoms with van der Waals surface area (Å²) < 4.78 is 5.28. The standard InChI is InChI=1S/C15H24N2O/c1-4-17(5-2)14-9-6-11-10-12(18-3)7-8-13(11)15(14)16/h7-8,10,14-15H,4-6,9,16H2,1-3H3. The summed E-state index contributed by atoms with van der Waals surface area (Å²) in [4.78, 5) is 2.47. The summed E-state index contributed by atoms with van der Waals surface area (Å²) in [7, 11) is 1.71. The maximum Gasteiger partial charge on any atom is 0.119 e. The Kier molecular flexibility index (Phi) is 4.25. The van der Waals surface area contributed by atoms with Gasteiger partial charge in [0, 0.05) is 12.1 Å². The van der Waals surface area contributed by atoms with Crippen molar-refractivity contribution >= 4 is 0 Å². The van der Waals surface area contributed by atoms with Gasteiger partial charge in [0.2, 0.25) is 0 Å². The van der Waals surface area contributed by atoms with Gasteiger partial charge < -0.3 is 10.5 Å². The van der Waals surface area contributed by atoms with Crippen LogP contribution in [-0.4, -0.2) is 31.1 Å². The normalized spacial score (nSPS) is 22.9. The zero-order valence-corrected chi connectivity index (χ0v) is 11.6. The van der Waals surface area contributed by atoms with Crippen molar-refractivity contribution in [3.05, 3.63) is 29.3 Å². The monoisotopic (exact) mass is 248 g/mol. The van der Waals surface area contributed by atoms with Crippen LogP contribution in [0.1, 0.15) is 37.4 Å². The van der Waals surface area contributed by atoms with E-state index in [1.807, 2.05) is 6.07 Å². The van der Waals surface area contributed by atoms with E-state index >= 15 is 0 Å². The zero-order valence-electron chi connectivity index (χ0n) is 11.6. The summed E-state index contributed by atoms with van der Waals surface area (Å²) >= 11 is 0. The molecule has 1 aromatic rings. The second-order valence-electron chi connectivity index (χ2n) is 4.92. The molecule has 0 radical (unpaired) electrons. The number of nitrogens with two attached hydrogens (primary N) is 1. The molecule has 1 aliphatic rings. The molecule has 1 aromatic carbocycles. The Morgan fingerprint density at radius 2 is 2.06 bits per heavy atom. The van der Waals surface area contributed by atoms with E-state index in [9.17, 15) is 0 Å². The van der Waals surface area contributed by atoms with Crippen molar-refractivity contribution in [2.45, 2.75) is 38.8 Å². The Labute approximate surface area is 110 Å². The first-order valence-corrected chi connectivity index (χ1v) is 6.87. The molecule has 0 aromatic heterocycles. The third kappa shape index (κ3) is 2.38. The number of rotatable bonds is 4. The van der Waals surface area contributed by atoms with E-state index in [2.05, 4.69) is 30.9 Å². The Morgan fingerprint density at radius 1 is 1.33 bits per heavy atom. The van der Waals surface area contributed by atoms with Crippen molar-refractivity contribution in [1.29, 1.82) is 0 Å². The van der Waals surface area contributed by atoms with Crippen LogP contribution in [0.4, 0.5) is 0 Å². The molecular formula is C15H24N2O. The van der Waals surface area contributed by atoms with E-state index in [1.54, 1.807) is 7.11 Å². The Balaban J connectivity index is 2.25. The third-order valence-corrected chi connectivity index (χ3v) is 4.11. The van der Waals surface area contributed by atoms with E-state index < -0.39 is 0 Å².